The first kappa shape index (κ1) is 19.3. The molecule has 0 saturated heterocycles. The molecule has 8 nitrogen and oxygen atoms in total. The number of rotatable bonds is 4. The lowest BCUT2D eigenvalue weighted by atomic mass is 9.98. The maximum Gasteiger partial charge on any atom is 0.238 e. The van der Waals surface area contributed by atoms with Crippen LogP contribution in [0.15, 0.2) is 46.4 Å². The predicted molar refractivity (Wildman–Crippen MR) is 107 cm³/mol. The second-order valence-electron chi connectivity index (χ2n) is 6.43. The number of nitrogens with one attached hydrogen (secondary N) is 1. The molecule has 0 aliphatic carbocycles. The number of phenols is 2. The summed E-state index contributed by atoms with van der Waals surface area (Å²) >= 11 is 4.42. The van der Waals surface area contributed by atoms with Gasteiger partial charge >= 0.3 is 0 Å². The van der Waals surface area contributed by atoms with Gasteiger partial charge in [0.15, 0.2) is 11.3 Å². The van der Waals surface area contributed by atoms with Gasteiger partial charge in [-0.1, -0.05) is 19.9 Å². The second-order valence-corrected chi connectivity index (χ2v) is 8.48. The van der Waals surface area contributed by atoms with E-state index in [1.54, 1.807) is 23.1 Å². The van der Waals surface area contributed by atoms with Crippen LogP contribution in [0.5, 0.6) is 11.5 Å². The Balaban J connectivity index is 2.11. The van der Waals surface area contributed by atoms with Crippen LogP contribution in [0.4, 0.5) is 5.69 Å². The van der Waals surface area contributed by atoms with E-state index in [1.165, 1.54) is 18.2 Å². The van der Waals surface area contributed by atoms with Crippen molar-refractivity contribution in [3.8, 4) is 11.5 Å². The first-order valence-corrected chi connectivity index (χ1v) is 10.2. The molecule has 0 aromatic heterocycles. The topological polar surface area (TPSA) is 128 Å². The van der Waals surface area contributed by atoms with Gasteiger partial charge in [-0.05, 0) is 35.7 Å². The number of sulfonamides is 1. The molecule has 1 unspecified atom stereocenters. The molecule has 0 saturated carbocycles. The largest absolute Gasteiger partial charge is 0.508 e. The molecular formula is C17H20N4O4S2. The monoisotopic (exact) mass is 408 g/mol. The van der Waals surface area contributed by atoms with Crippen LogP contribution in [0.25, 0.3) is 0 Å². The Morgan fingerprint density at radius 1 is 1.22 bits per heavy atom. The Bertz CT molecular complexity index is 1020. The molecule has 0 fully saturated rings. The third-order valence-electron chi connectivity index (χ3n) is 4.19. The standard InChI is InChI=1S/C17H20N4O4S2/c1-9(2)12-7-13(15(23)8-14(12)22)16-19-20-17(26)21(16)10-4-3-5-11(6-10)27(18,24)25/h3-9,17,20,22-23,26H,1-2H3,(H2,18,24,25). The zero-order valence-electron chi connectivity index (χ0n) is 14.7. The van der Waals surface area contributed by atoms with Crippen molar-refractivity contribution in [3.05, 3.63) is 47.5 Å². The Morgan fingerprint density at radius 3 is 2.56 bits per heavy atom. The molecule has 1 heterocycles. The van der Waals surface area contributed by atoms with E-state index >= 15 is 0 Å². The van der Waals surface area contributed by atoms with E-state index in [1.807, 2.05) is 13.8 Å². The molecule has 2 aromatic carbocycles. The van der Waals surface area contributed by atoms with Gasteiger partial charge in [0.1, 0.15) is 11.5 Å². The number of benzene rings is 2. The Kier molecular flexibility index (Phi) is 4.98. The summed E-state index contributed by atoms with van der Waals surface area (Å²) in [6.45, 7) is 3.83. The van der Waals surface area contributed by atoms with E-state index in [2.05, 4.69) is 23.2 Å². The molecule has 0 bridgehead atoms. The van der Waals surface area contributed by atoms with E-state index in [9.17, 15) is 18.6 Å². The van der Waals surface area contributed by atoms with Gasteiger partial charge in [0.25, 0.3) is 0 Å². The van der Waals surface area contributed by atoms with Crippen molar-refractivity contribution in [2.45, 2.75) is 30.2 Å². The summed E-state index contributed by atoms with van der Waals surface area (Å²) in [7, 11) is -3.88. The number of phenolic OH excluding ortho intramolecular Hbond substituents is 2. The Labute approximate surface area is 162 Å². The summed E-state index contributed by atoms with van der Waals surface area (Å²) in [5, 5.41) is 29.9. The molecule has 1 aliphatic rings. The number of hydrogen-bond donors (Lipinski definition) is 5. The highest BCUT2D eigenvalue weighted by atomic mass is 32.2. The fourth-order valence-corrected chi connectivity index (χ4v) is 3.70. The van der Waals surface area contributed by atoms with Crippen molar-refractivity contribution in [1.82, 2.24) is 5.43 Å². The molecule has 0 radical (unpaired) electrons. The molecular weight excluding hydrogens is 388 g/mol. The molecule has 1 aliphatic heterocycles. The molecule has 144 valence electrons. The summed E-state index contributed by atoms with van der Waals surface area (Å²) in [5.74, 6) is 0.182. The van der Waals surface area contributed by atoms with Gasteiger partial charge in [-0.3, -0.25) is 10.3 Å². The van der Waals surface area contributed by atoms with Crippen molar-refractivity contribution >= 4 is 34.2 Å². The first-order chi connectivity index (χ1) is 12.6. The third-order valence-corrected chi connectivity index (χ3v) is 5.45. The van der Waals surface area contributed by atoms with E-state index in [4.69, 9.17) is 5.14 Å². The highest BCUT2D eigenvalue weighted by molar-refractivity contribution is 7.89. The van der Waals surface area contributed by atoms with E-state index in [0.717, 1.165) is 0 Å². The van der Waals surface area contributed by atoms with Crippen LogP contribution in [0, 0.1) is 0 Å². The van der Waals surface area contributed by atoms with Crippen LogP contribution < -0.4 is 15.5 Å². The third kappa shape index (κ3) is 3.68. The van der Waals surface area contributed by atoms with Crippen molar-refractivity contribution in [2.24, 2.45) is 10.2 Å². The van der Waals surface area contributed by atoms with Crippen LogP contribution in [-0.4, -0.2) is 30.0 Å². The fourth-order valence-electron chi connectivity index (χ4n) is 2.85. The Morgan fingerprint density at radius 2 is 1.93 bits per heavy atom. The average molecular weight is 409 g/mol. The van der Waals surface area contributed by atoms with Crippen LogP contribution in [0.2, 0.25) is 0 Å². The van der Waals surface area contributed by atoms with Gasteiger partial charge in [0.2, 0.25) is 10.0 Å². The quantitative estimate of drug-likeness (QED) is 0.491. The lowest BCUT2D eigenvalue weighted by Gasteiger charge is -2.25. The molecule has 10 heteroatoms. The minimum atomic E-state index is -3.88. The minimum absolute atomic E-state index is 0.0111. The average Bonchev–Trinajstić information content (AvgIpc) is 2.95. The SMILES string of the molecule is CC(C)c1cc(C2=NNC(S)N2c2cccc(S(N)(=O)=O)c2)c(O)cc1O. The van der Waals surface area contributed by atoms with Crippen LogP contribution >= 0.6 is 12.6 Å². The smallest absolute Gasteiger partial charge is 0.238 e. The van der Waals surface area contributed by atoms with Gasteiger partial charge in [-0.15, -0.1) is 12.6 Å². The lowest BCUT2D eigenvalue weighted by Crippen LogP contribution is -2.36. The molecule has 1 atom stereocenters. The van der Waals surface area contributed by atoms with Crippen molar-refractivity contribution in [2.75, 3.05) is 4.90 Å². The summed E-state index contributed by atoms with van der Waals surface area (Å²) < 4.78 is 23.3. The Hall–Kier alpha value is -2.43. The molecule has 2 aromatic rings. The number of anilines is 1. The van der Waals surface area contributed by atoms with Gasteiger partial charge in [-0.25, -0.2) is 13.6 Å². The van der Waals surface area contributed by atoms with Gasteiger partial charge in [0, 0.05) is 11.8 Å². The number of thiol groups is 1. The molecule has 27 heavy (non-hydrogen) atoms. The summed E-state index contributed by atoms with van der Waals surface area (Å²) in [6, 6.07) is 8.95. The highest BCUT2D eigenvalue weighted by Crippen LogP contribution is 2.35. The minimum Gasteiger partial charge on any atom is -0.508 e. The summed E-state index contributed by atoms with van der Waals surface area (Å²) in [6.07, 6.45) is 0. The summed E-state index contributed by atoms with van der Waals surface area (Å²) in [5.41, 5.74) is 3.69. The molecule has 3 rings (SSSR count). The first-order valence-electron chi connectivity index (χ1n) is 8.09. The van der Waals surface area contributed by atoms with Crippen LogP contribution in [-0.2, 0) is 10.0 Å². The van der Waals surface area contributed by atoms with Crippen molar-refractivity contribution < 1.29 is 18.6 Å². The lowest BCUT2D eigenvalue weighted by molar-refractivity contribution is 0.443. The number of hydrogen-bond acceptors (Lipinski definition) is 8. The van der Waals surface area contributed by atoms with Gasteiger partial charge in [0.05, 0.1) is 10.5 Å². The number of hydrazone groups is 1. The fraction of sp³-hybridized carbons (Fsp3) is 0.235. The maximum atomic E-state index is 11.7. The summed E-state index contributed by atoms with van der Waals surface area (Å²) in [4.78, 5) is 1.57. The predicted octanol–water partition coefficient (Wildman–Crippen LogP) is 1.85. The van der Waals surface area contributed by atoms with Crippen LogP contribution in [0.1, 0.15) is 30.9 Å². The zero-order chi connectivity index (χ0) is 19.9. The number of aromatic hydroxyl groups is 2. The van der Waals surface area contributed by atoms with E-state index < -0.39 is 15.5 Å². The molecule has 5 N–H and O–H groups in total. The number of nitrogens with zero attached hydrogens (tertiary/aromatic N) is 2. The maximum absolute atomic E-state index is 11.7. The second kappa shape index (κ2) is 6.95. The van der Waals surface area contributed by atoms with Crippen molar-refractivity contribution in [3.63, 3.8) is 0 Å². The van der Waals surface area contributed by atoms with Crippen LogP contribution in [0.3, 0.4) is 0 Å². The van der Waals surface area contributed by atoms with E-state index in [0.29, 0.717) is 22.6 Å². The number of primary sulfonamides is 1. The normalized spacial score (nSPS) is 17.1. The zero-order valence-corrected chi connectivity index (χ0v) is 16.4. The number of nitrogens with two attached hydrogens (primary N) is 1. The molecule has 0 spiro atoms. The van der Waals surface area contributed by atoms with Crippen molar-refractivity contribution in [1.29, 1.82) is 0 Å². The molecule has 0 amide bonds. The highest BCUT2D eigenvalue weighted by Gasteiger charge is 2.30. The van der Waals surface area contributed by atoms with Gasteiger partial charge < -0.3 is 10.2 Å². The van der Waals surface area contributed by atoms with Gasteiger partial charge in [-0.2, -0.15) is 5.10 Å². The van der Waals surface area contributed by atoms with E-state index in [-0.39, 0.29) is 22.3 Å². The number of amidine groups is 1.